The Morgan fingerprint density at radius 3 is 2.76 bits per heavy atom. The van der Waals surface area contributed by atoms with E-state index in [1.54, 1.807) is 0 Å². The fraction of sp³-hybridized carbons (Fsp3) is 0.462. The quantitative estimate of drug-likeness (QED) is 0.887. The molecule has 21 heavy (non-hydrogen) atoms. The van der Waals surface area contributed by atoms with Crippen LogP contribution in [0.15, 0.2) is 18.2 Å². The van der Waals surface area contributed by atoms with Gasteiger partial charge in [-0.15, -0.1) is 0 Å². The average molecular weight is 333 g/mol. The number of rotatable bonds is 4. The van der Waals surface area contributed by atoms with Crippen molar-refractivity contribution in [3.05, 3.63) is 28.8 Å². The first-order valence-electron chi connectivity index (χ1n) is 6.63. The standard InChI is InChI=1S/C13H17ClN2O4S/c1-9-4-2-3-7-16(9)21(19,20)15-12-8-10(14)5-6-11(12)13(17)18/h5-6,8-9,15H,2-4,7H2,1H3,(H,17,18). The molecule has 1 saturated heterocycles. The predicted molar refractivity (Wildman–Crippen MR) is 81.0 cm³/mol. The first kappa shape index (κ1) is 16.1. The molecule has 0 bridgehead atoms. The van der Waals surface area contributed by atoms with Crippen molar-refractivity contribution < 1.29 is 18.3 Å². The third-order valence-electron chi connectivity index (χ3n) is 3.50. The molecule has 1 atom stereocenters. The van der Waals surface area contributed by atoms with Crippen molar-refractivity contribution in [2.24, 2.45) is 0 Å². The summed E-state index contributed by atoms with van der Waals surface area (Å²) in [6.45, 7) is 2.27. The minimum atomic E-state index is -3.80. The van der Waals surface area contributed by atoms with Crippen molar-refractivity contribution in [2.75, 3.05) is 11.3 Å². The number of anilines is 1. The topological polar surface area (TPSA) is 86.7 Å². The van der Waals surface area contributed by atoms with E-state index in [4.69, 9.17) is 16.7 Å². The molecule has 2 N–H and O–H groups in total. The molecule has 116 valence electrons. The van der Waals surface area contributed by atoms with Gasteiger partial charge < -0.3 is 5.11 Å². The molecule has 0 spiro atoms. The lowest BCUT2D eigenvalue weighted by Crippen LogP contribution is -2.45. The van der Waals surface area contributed by atoms with Gasteiger partial charge in [0, 0.05) is 17.6 Å². The highest BCUT2D eigenvalue weighted by Crippen LogP contribution is 2.25. The van der Waals surface area contributed by atoms with Gasteiger partial charge >= 0.3 is 16.2 Å². The van der Waals surface area contributed by atoms with E-state index in [2.05, 4.69) is 4.72 Å². The minimum absolute atomic E-state index is 0.0206. The van der Waals surface area contributed by atoms with Gasteiger partial charge in [0.1, 0.15) is 0 Å². The van der Waals surface area contributed by atoms with Crippen molar-refractivity contribution in [1.29, 1.82) is 0 Å². The van der Waals surface area contributed by atoms with Gasteiger partial charge in [-0.2, -0.15) is 12.7 Å². The van der Waals surface area contributed by atoms with Crippen LogP contribution in [0.2, 0.25) is 5.02 Å². The maximum absolute atomic E-state index is 12.4. The van der Waals surface area contributed by atoms with Crippen molar-refractivity contribution in [2.45, 2.75) is 32.2 Å². The summed E-state index contributed by atoms with van der Waals surface area (Å²) in [6.07, 6.45) is 2.58. The maximum Gasteiger partial charge on any atom is 0.337 e. The molecule has 1 aliphatic rings. The second kappa shape index (κ2) is 6.21. The average Bonchev–Trinajstić information content (AvgIpc) is 2.38. The van der Waals surface area contributed by atoms with Crippen LogP contribution in [0.1, 0.15) is 36.5 Å². The molecule has 8 heteroatoms. The molecule has 1 aromatic rings. The second-order valence-electron chi connectivity index (χ2n) is 5.06. The van der Waals surface area contributed by atoms with Crippen LogP contribution >= 0.6 is 11.6 Å². The number of halogens is 1. The van der Waals surface area contributed by atoms with E-state index in [9.17, 15) is 13.2 Å². The van der Waals surface area contributed by atoms with Crippen LogP contribution in [0.25, 0.3) is 0 Å². The number of piperidine rings is 1. The van der Waals surface area contributed by atoms with Crippen molar-refractivity contribution >= 4 is 33.5 Å². The molecule has 0 radical (unpaired) electrons. The molecule has 1 heterocycles. The highest BCUT2D eigenvalue weighted by molar-refractivity contribution is 7.90. The van der Waals surface area contributed by atoms with Gasteiger partial charge in [0.25, 0.3) is 0 Å². The Balaban J connectivity index is 2.32. The fourth-order valence-corrected chi connectivity index (χ4v) is 4.10. The maximum atomic E-state index is 12.4. The van der Waals surface area contributed by atoms with Crippen molar-refractivity contribution in [3.63, 3.8) is 0 Å². The van der Waals surface area contributed by atoms with Crippen molar-refractivity contribution in [3.8, 4) is 0 Å². The molecule has 1 aromatic carbocycles. The van der Waals surface area contributed by atoms with Gasteiger partial charge in [0.2, 0.25) is 0 Å². The highest BCUT2D eigenvalue weighted by Gasteiger charge is 2.30. The van der Waals surface area contributed by atoms with Gasteiger partial charge in [0.15, 0.2) is 0 Å². The summed E-state index contributed by atoms with van der Waals surface area (Å²) in [5, 5.41) is 9.39. The zero-order valence-corrected chi connectivity index (χ0v) is 13.1. The number of carboxylic acid groups (broad SMARTS) is 1. The van der Waals surface area contributed by atoms with E-state index in [1.807, 2.05) is 6.92 Å². The largest absolute Gasteiger partial charge is 0.478 e. The molecule has 1 aliphatic heterocycles. The van der Waals surface area contributed by atoms with Crippen LogP contribution in [0.5, 0.6) is 0 Å². The monoisotopic (exact) mass is 332 g/mol. The lowest BCUT2D eigenvalue weighted by molar-refractivity contribution is 0.0698. The molecule has 2 rings (SSSR count). The van der Waals surface area contributed by atoms with Crippen LogP contribution < -0.4 is 4.72 Å². The highest BCUT2D eigenvalue weighted by atomic mass is 35.5. The number of nitrogens with zero attached hydrogens (tertiary/aromatic N) is 1. The summed E-state index contributed by atoms with van der Waals surface area (Å²) in [5.74, 6) is -1.21. The smallest absolute Gasteiger partial charge is 0.337 e. The number of nitrogens with one attached hydrogen (secondary N) is 1. The number of benzene rings is 1. The Morgan fingerprint density at radius 2 is 2.14 bits per heavy atom. The number of aromatic carboxylic acids is 1. The molecule has 0 aliphatic carbocycles. The molecular formula is C13H17ClN2O4S. The third-order valence-corrected chi connectivity index (χ3v) is 5.37. The lowest BCUT2D eigenvalue weighted by atomic mass is 10.1. The zero-order chi connectivity index (χ0) is 15.6. The number of hydrogen-bond donors (Lipinski definition) is 2. The van der Waals surface area contributed by atoms with E-state index < -0.39 is 16.2 Å². The number of carboxylic acids is 1. The van der Waals surface area contributed by atoms with E-state index in [-0.39, 0.29) is 22.3 Å². The van der Waals surface area contributed by atoms with E-state index in [1.165, 1.54) is 22.5 Å². The van der Waals surface area contributed by atoms with Gasteiger partial charge in [-0.1, -0.05) is 18.0 Å². The Hall–Kier alpha value is -1.31. The third kappa shape index (κ3) is 3.66. The first-order valence-corrected chi connectivity index (χ1v) is 8.45. The Kier molecular flexibility index (Phi) is 4.75. The second-order valence-corrected chi connectivity index (χ2v) is 7.12. The van der Waals surface area contributed by atoms with Crippen LogP contribution in [0.4, 0.5) is 5.69 Å². The minimum Gasteiger partial charge on any atom is -0.478 e. The van der Waals surface area contributed by atoms with Gasteiger partial charge in [0.05, 0.1) is 11.3 Å². The summed E-state index contributed by atoms with van der Waals surface area (Å²) in [4.78, 5) is 11.2. The SMILES string of the molecule is CC1CCCCN1S(=O)(=O)Nc1cc(Cl)ccc1C(=O)O. The van der Waals surface area contributed by atoms with Crippen LogP contribution in [-0.4, -0.2) is 36.4 Å². The molecule has 0 aromatic heterocycles. The predicted octanol–water partition coefficient (Wildman–Crippen LogP) is 2.57. The number of carbonyl (C=O) groups is 1. The summed E-state index contributed by atoms with van der Waals surface area (Å²) in [5.41, 5.74) is -0.152. The molecule has 6 nitrogen and oxygen atoms in total. The summed E-state index contributed by atoms with van der Waals surface area (Å²) < 4.78 is 28.6. The van der Waals surface area contributed by atoms with E-state index in [0.717, 1.165) is 19.3 Å². The molecule has 1 fully saturated rings. The Labute approximate surface area is 128 Å². The molecule has 0 saturated carbocycles. The molecular weight excluding hydrogens is 316 g/mol. The Morgan fingerprint density at radius 1 is 1.43 bits per heavy atom. The Bertz CT molecular complexity index is 648. The van der Waals surface area contributed by atoms with E-state index >= 15 is 0 Å². The normalized spacial score (nSPS) is 20.2. The summed E-state index contributed by atoms with van der Waals surface area (Å²) in [7, 11) is -3.80. The van der Waals surface area contributed by atoms with Crippen LogP contribution in [0, 0.1) is 0 Å². The molecule has 1 unspecified atom stereocenters. The summed E-state index contributed by atoms with van der Waals surface area (Å²) in [6, 6.07) is 3.88. The van der Waals surface area contributed by atoms with Gasteiger partial charge in [-0.05, 0) is 38.0 Å². The lowest BCUT2D eigenvalue weighted by Gasteiger charge is -2.32. The van der Waals surface area contributed by atoms with Crippen LogP contribution in [-0.2, 0) is 10.2 Å². The zero-order valence-electron chi connectivity index (χ0n) is 11.5. The molecule has 0 amide bonds. The van der Waals surface area contributed by atoms with Crippen LogP contribution in [0.3, 0.4) is 0 Å². The number of hydrogen-bond acceptors (Lipinski definition) is 3. The van der Waals surface area contributed by atoms with Crippen molar-refractivity contribution in [1.82, 2.24) is 4.31 Å². The first-order chi connectivity index (χ1) is 9.81. The van der Waals surface area contributed by atoms with E-state index in [0.29, 0.717) is 6.54 Å². The fourth-order valence-electron chi connectivity index (χ4n) is 2.41. The van der Waals surface area contributed by atoms with Gasteiger partial charge in [-0.25, -0.2) is 4.79 Å². The summed E-state index contributed by atoms with van der Waals surface area (Å²) >= 11 is 5.82. The van der Waals surface area contributed by atoms with Gasteiger partial charge in [-0.3, -0.25) is 4.72 Å².